The third-order valence-electron chi connectivity index (χ3n) is 2.50. The van der Waals surface area contributed by atoms with Crippen LogP contribution in [-0.2, 0) is 0 Å². The van der Waals surface area contributed by atoms with Crippen molar-refractivity contribution in [2.75, 3.05) is 11.9 Å². The van der Waals surface area contributed by atoms with Crippen LogP contribution in [0, 0.1) is 0 Å². The van der Waals surface area contributed by atoms with E-state index in [4.69, 9.17) is 5.11 Å². The Balaban J connectivity index is 2.07. The molecule has 1 aliphatic heterocycles. The fourth-order valence-corrected chi connectivity index (χ4v) is 2.91. The Kier molecular flexibility index (Phi) is 3.67. The average Bonchev–Trinajstić information content (AvgIpc) is 2.57. The van der Waals surface area contributed by atoms with Crippen molar-refractivity contribution in [3.63, 3.8) is 0 Å². The van der Waals surface area contributed by atoms with Crippen molar-refractivity contribution >= 4 is 17.6 Å². The maximum Gasteiger partial charge on any atom is 0.346 e. The van der Waals surface area contributed by atoms with Gasteiger partial charge in [-0.3, -0.25) is 0 Å². The maximum atomic E-state index is 11.0. The Bertz CT molecular complexity index is 440. The average molecular weight is 259 g/mol. The van der Waals surface area contributed by atoms with Crippen molar-refractivity contribution in [3.05, 3.63) is 22.7 Å². The van der Waals surface area contributed by atoms with E-state index in [-0.39, 0.29) is 6.61 Å². The predicted octanol–water partition coefficient (Wildman–Crippen LogP) is -1.66. The number of hydrogen-bond donors (Lipinski definition) is 5. The molecule has 8 heteroatoms. The molecule has 0 aromatic carbocycles. The molecule has 0 amide bonds. The van der Waals surface area contributed by atoms with Gasteiger partial charge >= 0.3 is 5.69 Å². The van der Waals surface area contributed by atoms with Gasteiger partial charge in [-0.15, -0.1) is 11.8 Å². The fourth-order valence-electron chi connectivity index (χ4n) is 1.62. The number of rotatable bonds is 3. The van der Waals surface area contributed by atoms with Gasteiger partial charge in [-0.05, 0) is 6.07 Å². The zero-order chi connectivity index (χ0) is 12.4. The van der Waals surface area contributed by atoms with Crippen LogP contribution in [0.3, 0.4) is 0 Å². The molecule has 7 nitrogen and oxygen atoms in total. The van der Waals surface area contributed by atoms with Gasteiger partial charge in [-0.25, -0.2) is 4.79 Å². The van der Waals surface area contributed by atoms with Crippen LogP contribution in [0.25, 0.3) is 0 Å². The van der Waals surface area contributed by atoms with E-state index in [1.165, 1.54) is 18.0 Å². The highest BCUT2D eigenvalue weighted by Gasteiger charge is 2.41. The number of hydrogen-bond acceptors (Lipinski definition) is 7. The minimum atomic E-state index is -1.02. The Labute approximate surface area is 101 Å². The number of aliphatic hydroxyl groups excluding tert-OH is 3. The third-order valence-corrected chi connectivity index (χ3v) is 3.97. The van der Waals surface area contributed by atoms with Gasteiger partial charge in [0.25, 0.3) is 0 Å². The van der Waals surface area contributed by atoms with Gasteiger partial charge in [0, 0.05) is 6.20 Å². The number of aromatic nitrogens is 2. The zero-order valence-corrected chi connectivity index (χ0v) is 9.59. The van der Waals surface area contributed by atoms with Crippen LogP contribution in [0.4, 0.5) is 5.82 Å². The first-order valence-corrected chi connectivity index (χ1v) is 6.01. The number of anilines is 1. The Morgan fingerprint density at radius 2 is 2.24 bits per heavy atom. The van der Waals surface area contributed by atoms with Gasteiger partial charge in [0.1, 0.15) is 17.3 Å². The largest absolute Gasteiger partial charge is 0.395 e. The standard InChI is InChI=1S/C9H13N3O4S/c13-3-4-6(14)7(15)8(17-4)11-5-1-2-10-9(16)12-5/h1-2,4,6-8,13-15H,3H2,(H2,10,11,12,16)/t4-,6+,7-,8+/m0/s1. The SMILES string of the molecule is O=c1nc(N[C@@H]2S[C@@H](CO)[C@@H](O)[C@@H]2O)cc[nH]1. The maximum absolute atomic E-state index is 11.0. The van der Waals surface area contributed by atoms with Crippen molar-refractivity contribution in [2.24, 2.45) is 0 Å². The number of aliphatic hydroxyl groups is 3. The molecule has 0 saturated carbocycles. The first kappa shape index (κ1) is 12.4. The Hall–Kier alpha value is -1.09. The summed E-state index contributed by atoms with van der Waals surface area (Å²) >= 11 is 1.21. The van der Waals surface area contributed by atoms with E-state index in [9.17, 15) is 15.0 Å². The van der Waals surface area contributed by atoms with Crippen LogP contribution in [0.2, 0.25) is 0 Å². The molecule has 17 heavy (non-hydrogen) atoms. The molecule has 0 bridgehead atoms. The molecule has 1 saturated heterocycles. The summed E-state index contributed by atoms with van der Waals surface area (Å²) in [5.41, 5.74) is -0.494. The highest BCUT2D eigenvalue weighted by atomic mass is 32.2. The monoisotopic (exact) mass is 259 g/mol. The van der Waals surface area contributed by atoms with E-state index in [1.54, 1.807) is 6.07 Å². The number of H-pyrrole nitrogens is 1. The summed E-state index contributed by atoms with van der Waals surface area (Å²) in [5.74, 6) is 0.316. The molecule has 1 aromatic rings. The van der Waals surface area contributed by atoms with Crippen LogP contribution in [-0.4, -0.2) is 54.7 Å². The molecule has 94 valence electrons. The molecule has 1 aliphatic rings. The van der Waals surface area contributed by atoms with Crippen LogP contribution < -0.4 is 11.0 Å². The lowest BCUT2D eigenvalue weighted by Gasteiger charge is -2.16. The number of nitrogens with one attached hydrogen (secondary N) is 2. The first-order chi connectivity index (χ1) is 8.11. The second kappa shape index (κ2) is 5.05. The van der Waals surface area contributed by atoms with E-state index in [2.05, 4.69) is 15.3 Å². The van der Waals surface area contributed by atoms with E-state index in [1.807, 2.05) is 0 Å². The van der Waals surface area contributed by atoms with Crippen LogP contribution >= 0.6 is 11.8 Å². The molecule has 1 aromatic heterocycles. The summed E-state index contributed by atoms with van der Waals surface area (Å²) in [6, 6.07) is 1.55. The molecule has 0 unspecified atom stereocenters. The number of nitrogens with zero attached hydrogens (tertiary/aromatic N) is 1. The predicted molar refractivity (Wildman–Crippen MR) is 62.7 cm³/mol. The summed E-state index contributed by atoms with van der Waals surface area (Å²) in [4.78, 5) is 17.0. The van der Waals surface area contributed by atoms with Crippen LogP contribution in [0.15, 0.2) is 17.1 Å². The summed E-state index contributed by atoms with van der Waals surface area (Å²) in [7, 11) is 0. The second-order valence-corrected chi connectivity index (χ2v) is 5.07. The van der Waals surface area contributed by atoms with Crippen molar-refractivity contribution in [1.29, 1.82) is 0 Å². The minimum Gasteiger partial charge on any atom is -0.395 e. The van der Waals surface area contributed by atoms with Crippen LogP contribution in [0.1, 0.15) is 0 Å². The normalized spacial score (nSPS) is 32.6. The lowest BCUT2D eigenvalue weighted by atomic mass is 10.1. The molecule has 2 rings (SSSR count). The smallest absolute Gasteiger partial charge is 0.346 e. The molecule has 5 N–H and O–H groups in total. The van der Waals surface area contributed by atoms with E-state index >= 15 is 0 Å². The van der Waals surface area contributed by atoms with E-state index in [0.29, 0.717) is 5.82 Å². The Morgan fingerprint density at radius 3 is 2.82 bits per heavy atom. The summed E-state index contributed by atoms with van der Waals surface area (Å²) < 4.78 is 0. The summed E-state index contributed by atoms with van der Waals surface area (Å²) in [6.07, 6.45) is -0.577. The van der Waals surface area contributed by atoms with Gasteiger partial charge in [0.2, 0.25) is 0 Å². The highest BCUT2D eigenvalue weighted by molar-refractivity contribution is 8.01. The molecule has 2 heterocycles. The zero-order valence-electron chi connectivity index (χ0n) is 8.78. The van der Waals surface area contributed by atoms with Gasteiger partial charge < -0.3 is 25.6 Å². The topological polar surface area (TPSA) is 118 Å². The van der Waals surface area contributed by atoms with Gasteiger partial charge in [-0.2, -0.15) is 4.98 Å². The van der Waals surface area contributed by atoms with Gasteiger partial charge in [0.15, 0.2) is 0 Å². The van der Waals surface area contributed by atoms with E-state index < -0.39 is 28.5 Å². The molecule has 0 aliphatic carbocycles. The lowest BCUT2D eigenvalue weighted by molar-refractivity contribution is 0.0231. The number of aromatic amines is 1. The van der Waals surface area contributed by atoms with Crippen molar-refractivity contribution in [3.8, 4) is 0 Å². The van der Waals surface area contributed by atoms with Crippen LogP contribution in [0.5, 0.6) is 0 Å². The summed E-state index contributed by atoms with van der Waals surface area (Å²) in [6.45, 7) is -0.218. The molecular weight excluding hydrogens is 246 g/mol. The molecule has 0 spiro atoms. The van der Waals surface area contributed by atoms with E-state index in [0.717, 1.165) is 0 Å². The highest BCUT2D eigenvalue weighted by Crippen LogP contribution is 2.34. The van der Waals surface area contributed by atoms with Crippen molar-refractivity contribution in [1.82, 2.24) is 9.97 Å². The second-order valence-electron chi connectivity index (χ2n) is 3.68. The third kappa shape index (κ3) is 2.60. The Morgan fingerprint density at radius 1 is 1.47 bits per heavy atom. The first-order valence-electron chi connectivity index (χ1n) is 5.06. The lowest BCUT2D eigenvalue weighted by Crippen LogP contribution is -2.36. The van der Waals surface area contributed by atoms with Gasteiger partial charge in [-0.1, -0.05) is 0 Å². The molecule has 4 atom stereocenters. The molecule has 0 radical (unpaired) electrons. The van der Waals surface area contributed by atoms with Crippen molar-refractivity contribution in [2.45, 2.75) is 22.8 Å². The number of thioether (sulfide) groups is 1. The summed E-state index contributed by atoms with van der Waals surface area (Å²) in [5, 5.41) is 30.2. The molecular formula is C9H13N3O4S. The quantitative estimate of drug-likeness (QED) is 0.441. The minimum absolute atomic E-state index is 0.218. The van der Waals surface area contributed by atoms with Crippen molar-refractivity contribution < 1.29 is 15.3 Å². The molecule has 1 fully saturated rings. The van der Waals surface area contributed by atoms with Gasteiger partial charge in [0.05, 0.1) is 18.0 Å². The fraction of sp³-hybridized carbons (Fsp3) is 0.556.